The monoisotopic (exact) mass is 214 g/mol. The molecule has 2 nitrogen and oxygen atoms in total. The first kappa shape index (κ1) is 12.2. The van der Waals surface area contributed by atoms with E-state index in [0.717, 1.165) is 16.8 Å². The van der Waals surface area contributed by atoms with Gasteiger partial charge in [0.15, 0.2) is 0 Å². The highest BCUT2D eigenvalue weighted by Crippen LogP contribution is 2.20. The molecule has 0 unspecified atom stereocenters. The zero-order valence-electron chi connectivity index (χ0n) is 10.1. The predicted molar refractivity (Wildman–Crippen MR) is 71.3 cm³/mol. The Morgan fingerprint density at radius 1 is 1.25 bits per heavy atom. The van der Waals surface area contributed by atoms with Crippen LogP contribution in [0.2, 0.25) is 0 Å². The number of hydrogen-bond donors (Lipinski definition) is 1. The molecule has 1 aromatic carbocycles. The first-order valence-corrected chi connectivity index (χ1v) is 5.25. The summed E-state index contributed by atoms with van der Waals surface area (Å²) < 4.78 is 0. The van der Waals surface area contributed by atoms with Crippen LogP contribution in [0.3, 0.4) is 0 Å². The lowest BCUT2D eigenvalue weighted by atomic mass is 10.0. The van der Waals surface area contributed by atoms with Gasteiger partial charge in [-0.1, -0.05) is 42.5 Å². The van der Waals surface area contributed by atoms with Crippen molar-refractivity contribution >= 4 is 11.4 Å². The van der Waals surface area contributed by atoms with Crippen molar-refractivity contribution in [2.75, 3.05) is 0 Å². The van der Waals surface area contributed by atoms with Gasteiger partial charge in [-0.25, -0.2) is 4.99 Å². The van der Waals surface area contributed by atoms with Crippen molar-refractivity contribution in [2.24, 2.45) is 10.7 Å². The van der Waals surface area contributed by atoms with Crippen LogP contribution < -0.4 is 5.73 Å². The summed E-state index contributed by atoms with van der Waals surface area (Å²) in [5, 5.41) is 0. The van der Waals surface area contributed by atoms with E-state index in [1.807, 2.05) is 13.0 Å². The summed E-state index contributed by atoms with van der Waals surface area (Å²) in [5.74, 6) is 0.559. The Labute approximate surface area is 97.2 Å². The van der Waals surface area contributed by atoms with Crippen molar-refractivity contribution < 1.29 is 0 Å². The van der Waals surface area contributed by atoms with Crippen LogP contribution in [0, 0.1) is 6.92 Å². The quantitative estimate of drug-likeness (QED) is 0.468. The van der Waals surface area contributed by atoms with Crippen LogP contribution in [0.1, 0.15) is 25.0 Å². The fraction of sp³-hybridized carbons (Fsp3) is 0.214. The van der Waals surface area contributed by atoms with Crippen LogP contribution in [0.5, 0.6) is 0 Å². The maximum Gasteiger partial charge on any atom is 0.0961 e. The molecule has 0 fully saturated rings. The lowest BCUT2D eigenvalue weighted by Gasteiger charge is -2.06. The van der Waals surface area contributed by atoms with Crippen LogP contribution >= 0.6 is 0 Å². The number of amidine groups is 1. The van der Waals surface area contributed by atoms with Crippen molar-refractivity contribution in [3.05, 3.63) is 53.7 Å². The molecule has 0 saturated carbocycles. The normalized spacial score (nSPS) is 13.3. The second-order valence-corrected chi connectivity index (χ2v) is 3.82. The minimum Gasteiger partial charge on any atom is -0.387 e. The highest BCUT2D eigenvalue weighted by atomic mass is 14.8. The molecule has 0 atom stereocenters. The van der Waals surface area contributed by atoms with Crippen molar-refractivity contribution in [1.29, 1.82) is 0 Å². The SMILES string of the molecule is C=C/C(=C(C)\N=C(\C)N)c1ccc(C)cc1. The van der Waals surface area contributed by atoms with Gasteiger partial charge in [0.2, 0.25) is 0 Å². The molecule has 0 aliphatic heterocycles. The second-order valence-electron chi connectivity index (χ2n) is 3.82. The molecule has 1 aromatic rings. The highest BCUT2D eigenvalue weighted by Gasteiger charge is 2.01. The van der Waals surface area contributed by atoms with Crippen molar-refractivity contribution in [2.45, 2.75) is 20.8 Å². The highest BCUT2D eigenvalue weighted by molar-refractivity contribution is 5.82. The van der Waals surface area contributed by atoms with E-state index in [0.29, 0.717) is 5.84 Å². The summed E-state index contributed by atoms with van der Waals surface area (Å²) in [7, 11) is 0. The molecule has 0 aliphatic carbocycles. The van der Waals surface area contributed by atoms with Gasteiger partial charge in [0.25, 0.3) is 0 Å². The van der Waals surface area contributed by atoms with E-state index >= 15 is 0 Å². The average Bonchev–Trinajstić information content (AvgIpc) is 2.21. The first-order chi connectivity index (χ1) is 7.54. The van der Waals surface area contributed by atoms with Gasteiger partial charge >= 0.3 is 0 Å². The lowest BCUT2D eigenvalue weighted by Crippen LogP contribution is -2.05. The summed E-state index contributed by atoms with van der Waals surface area (Å²) in [6.45, 7) is 9.60. The Hall–Kier alpha value is -1.83. The van der Waals surface area contributed by atoms with E-state index < -0.39 is 0 Å². The first-order valence-electron chi connectivity index (χ1n) is 5.25. The molecule has 0 spiro atoms. The fourth-order valence-electron chi connectivity index (χ4n) is 1.53. The summed E-state index contributed by atoms with van der Waals surface area (Å²) in [6, 6.07) is 8.28. The number of nitrogens with two attached hydrogens (primary N) is 1. The second kappa shape index (κ2) is 5.31. The predicted octanol–water partition coefficient (Wildman–Crippen LogP) is 3.29. The van der Waals surface area contributed by atoms with Gasteiger partial charge in [-0.2, -0.15) is 0 Å². The largest absolute Gasteiger partial charge is 0.387 e. The van der Waals surface area contributed by atoms with Gasteiger partial charge in [-0.3, -0.25) is 0 Å². The molecular weight excluding hydrogens is 196 g/mol. The summed E-state index contributed by atoms with van der Waals surface area (Å²) in [5.41, 5.74) is 9.83. The number of nitrogens with zero attached hydrogens (tertiary/aromatic N) is 1. The van der Waals surface area contributed by atoms with Gasteiger partial charge < -0.3 is 5.73 Å². The van der Waals surface area contributed by atoms with E-state index in [4.69, 9.17) is 5.73 Å². The Balaban J connectivity index is 3.21. The maximum atomic E-state index is 5.57. The molecule has 1 rings (SSSR count). The van der Waals surface area contributed by atoms with Crippen molar-refractivity contribution in [1.82, 2.24) is 0 Å². The summed E-state index contributed by atoms with van der Waals surface area (Å²) >= 11 is 0. The zero-order valence-corrected chi connectivity index (χ0v) is 10.1. The molecule has 0 heterocycles. The average molecular weight is 214 g/mol. The molecule has 16 heavy (non-hydrogen) atoms. The number of aliphatic imine (C=N–C) groups is 1. The van der Waals surface area contributed by atoms with E-state index in [1.165, 1.54) is 5.56 Å². The zero-order chi connectivity index (χ0) is 12.1. The topological polar surface area (TPSA) is 38.4 Å². The molecule has 0 aromatic heterocycles. The Bertz CT molecular complexity index is 432. The molecule has 0 radical (unpaired) electrons. The van der Waals surface area contributed by atoms with E-state index in [-0.39, 0.29) is 0 Å². The van der Waals surface area contributed by atoms with Crippen LogP contribution in [0.15, 0.2) is 47.6 Å². The molecule has 0 amide bonds. The van der Waals surface area contributed by atoms with Crippen molar-refractivity contribution in [3.63, 3.8) is 0 Å². The Morgan fingerprint density at radius 3 is 2.25 bits per heavy atom. The van der Waals surface area contributed by atoms with Gasteiger partial charge in [0.05, 0.1) is 5.84 Å². The van der Waals surface area contributed by atoms with Crippen LogP contribution in [-0.2, 0) is 0 Å². The fourth-order valence-corrected chi connectivity index (χ4v) is 1.53. The summed E-state index contributed by atoms with van der Waals surface area (Å²) in [6.07, 6.45) is 1.81. The summed E-state index contributed by atoms with van der Waals surface area (Å²) in [4.78, 5) is 4.25. The number of hydrogen-bond acceptors (Lipinski definition) is 1. The van der Waals surface area contributed by atoms with E-state index in [2.05, 4.69) is 42.8 Å². The van der Waals surface area contributed by atoms with Gasteiger partial charge in [0, 0.05) is 11.3 Å². The minimum atomic E-state index is 0.559. The van der Waals surface area contributed by atoms with E-state index in [9.17, 15) is 0 Å². The third-order valence-corrected chi connectivity index (χ3v) is 2.30. The molecule has 0 aliphatic rings. The number of aryl methyl sites for hydroxylation is 1. The Morgan fingerprint density at radius 2 is 1.81 bits per heavy atom. The number of rotatable bonds is 3. The standard InChI is InChI=1S/C14H18N2/c1-5-14(11(3)16-12(4)15)13-8-6-10(2)7-9-13/h5-9H,1H2,2-4H3,(H2,15,16)/b14-11+. The molecule has 84 valence electrons. The minimum absolute atomic E-state index is 0.559. The maximum absolute atomic E-state index is 5.57. The van der Waals surface area contributed by atoms with Gasteiger partial charge in [-0.05, 0) is 26.3 Å². The molecule has 0 bridgehead atoms. The van der Waals surface area contributed by atoms with Crippen LogP contribution in [-0.4, -0.2) is 5.84 Å². The van der Waals surface area contributed by atoms with Crippen LogP contribution in [0.4, 0.5) is 0 Å². The molecule has 0 saturated heterocycles. The molecule has 2 heteroatoms. The van der Waals surface area contributed by atoms with E-state index in [1.54, 1.807) is 6.92 Å². The number of benzene rings is 1. The number of allylic oxidation sites excluding steroid dienone is 3. The Kier molecular flexibility index (Phi) is 4.06. The van der Waals surface area contributed by atoms with Crippen LogP contribution in [0.25, 0.3) is 5.57 Å². The smallest absolute Gasteiger partial charge is 0.0961 e. The van der Waals surface area contributed by atoms with Gasteiger partial charge in [0.1, 0.15) is 0 Å². The lowest BCUT2D eigenvalue weighted by molar-refractivity contribution is 1.28. The third kappa shape index (κ3) is 3.09. The van der Waals surface area contributed by atoms with Gasteiger partial charge in [-0.15, -0.1) is 0 Å². The van der Waals surface area contributed by atoms with Crippen molar-refractivity contribution in [3.8, 4) is 0 Å². The third-order valence-electron chi connectivity index (χ3n) is 2.30. The molecule has 2 N–H and O–H groups in total. The molecular formula is C14H18N2.